The fourth-order valence-corrected chi connectivity index (χ4v) is 3.21. The molecular formula is C24H15Cl2NO4. The molecule has 0 spiro atoms. The average molecular weight is 452 g/mol. The summed E-state index contributed by atoms with van der Waals surface area (Å²) in [5.74, 6) is -0.460. The first kappa shape index (κ1) is 20.8. The van der Waals surface area contributed by atoms with Gasteiger partial charge in [-0.2, -0.15) is 0 Å². The lowest BCUT2D eigenvalue weighted by atomic mass is 10.1. The zero-order valence-corrected chi connectivity index (χ0v) is 17.8. The van der Waals surface area contributed by atoms with E-state index in [9.17, 15) is 9.59 Å². The van der Waals surface area contributed by atoms with Crippen molar-refractivity contribution in [2.45, 2.75) is 6.92 Å². The van der Waals surface area contributed by atoms with Crippen LogP contribution in [0.1, 0.15) is 27.0 Å². The maximum Gasteiger partial charge on any atom is 0.363 e. The van der Waals surface area contributed by atoms with Crippen molar-refractivity contribution in [3.63, 3.8) is 0 Å². The van der Waals surface area contributed by atoms with Crippen molar-refractivity contribution >= 4 is 47.1 Å². The number of ether oxygens (including phenoxy) is 2. The minimum absolute atomic E-state index is 0.144. The van der Waals surface area contributed by atoms with Gasteiger partial charge in [-0.15, -0.1) is 0 Å². The van der Waals surface area contributed by atoms with Gasteiger partial charge in [0.2, 0.25) is 5.90 Å². The van der Waals surface area contributed by atoms with E-state index < -0.39 is 11.9 Å². The Morgan fingerprint density at radius 2 is 1.74 bits per heavy atom. The number of rotatable bonds is 4. The van der Waals surface area contributed by atoms with Crippen LogP contribution in [0.4, 0.5) is 0 Å². The van der Waals surface area contributed by atoms with E-state index in [4.69, 9.17) is 32.7 Å². The predicted molar refractivity (Wildman–Crippen MR) is 120 cm³/mol. The molecule has 0 N–H and O–H groups in total. The predicted octanol–water partition coefficient (Wildman–Crippen LogP) is 5.87. The molecule has 0 atom stereocenters. The van der Waals surface area contributed by atoms with Gasteiger partial charge in [0.15, 0.2) is 5.70 Å². The normalized spacial score (nSPS) is 14.4. The number of hydrogen-bond acceptors (Lipinski definition) is 5. The van der Waals surface area contributed by atoms with Crippen LogP contribution in [0.5, 0.6) is 5.75 Å². The van der Waals surface area contributed by atoms with Crippen molar-refractivity contribution in [1.82, 2.24) is 0 Å². The molecule has 0 aliphatic carbocycles. The molecule has 1 aliphatic rings. The van der Waals surface area contributed by atoms with E-state index in [-0.39, 0.29) is 11.6 Å². The Hall–Kier alpha value is -3.41. The molecule has 0 saturated carbocycles. The Morgan fingerprint density at radius 1 is 1.00 bits per heavy atom. The van der Waals surface area contributed by atoms with Crippen molar-refractivity contribution < 1.29 is 19.1 Å². The molecular weight excluding hydrogens is 437 g/mol. The van der Waals surface area contributed by atoms with Gasteiger partial charge in [0, 0.05) is 5.56 Å². The third-order valence-electron chi connectivity index (χ3n) is 4.55. The lowest BCUT2D eigenvalue weighted by Crippen LogP contribution is -2.09. The summed E-state index contributed by atoms with van der Waals surface area (Å²) < 4.78 is 10.7. The molecule has 154 valence electrons. The first-order valence-corrected chi connectivity index (χ1v) is 10.0. The molecule has 0 unspecified atom stereocenters. The molecule has 31 heavy (non-hydrogen) atoms. The number of aryl methyl sites for hydroxylation is 1. The number of carbonyl (C=O) groups excluding carboxylic acids is 2. The highest BCUT2D eigenvalue weighted by Gasteiger charge is 2.24. The Morgan fingerprint density at radius 3 is 2.45 bits per heavy atom. The van der Waals surface area contributed by atoms with Crippen molar-refractivity contribution in [2.24, 2.45) is 4.99 Å². The van der Waals surface area contributed by atoms with Crippen LogP contribution in [0.25, 0.3) is 6.08 Å². The summed E-state index contributed by atoms with van der Waals surface area (Å²) in [5.41, 5.74) is 2.73. The molecule has 0 bridgehead atoms. The highest BCUT2D eigenvalue weighted by molar-refractivity contribution is 6.42. The van der Waals surface area contributed by atoms with E-state index in [0.29, 0.717) is 32.5 Å². The number of hydrogen-bond donors (Lipinski definition) is 0. The second kappa shape index (κ2) is 8.76. The summed E-state index contributed by atoms with van der Waals surface area (Å²) >= 11 is 11.9. The minimum Gasteiger partial charge on any atom is -0.423 e. The summed E-state index contributed by atoms with van der Waals surface area (Å²) in [6, 6.07) is 18.8. The lowest BCUT2D eigenvalue weighted by molar-refractivity contribution is -0.129. The van der Waals surface area contributed by atoms with E-state index >= 15 is 0 Å². The van der Waals surface area contributed by atoms with Crippen LogP contribution in [-0.2, 0) is 9.53 Å². The Kier molecular flexibility index (Phi) is 5.89. The number of carbonyl (C=O) groups is 2. The number of benzene rings is 3. The van der Waals surface area contributed by atoms with E-state index in [1.54, 1.807) is 60.7 Å². The quantitative estimate of drug-likeness (QED) is 0.282. The molecule has 3 aromatic carbocycles. The van der Waals surface area contributed by atoms with Gasteiger partial charge in [0.1, 0.15) is 5.75 Å². The van der Waals surface area contributed by atoms with Crippen molar-refractivity contribution in [3.8, 4) is 5.75 Å². The molecule has 1 aliphatic heterocycles. The summed E-state index contributed by atoms with van der Waals surface area (Å²) in [6.07, 6.45) is 1.58. The number of aliphatic imine (C=N–C) groups is 1. The Bertz CT molecular complexity index is 1250. The minimum atomic E-state index is -0.573. The molecule has 4 rings (SSSR count). The second-order valence-electron chi connectivity index (χ2n) is 6.74. The van der Waals surface area contributed by atoms with Gasteiger partial charge in [0.25, 0.3) is 0 Å². The topological polar surface area (TPSA) is 65.0 Å². The molecule has 7 heteroatoms. The second-order valence-corrected chi connectivity index (χ2v) is 7.55. The molecule has 0 radical (unpaired) electrons. The summed E-state index contributed by atoms with van der Waals surface area (Å²) in [5, 5.41) is 0.737. The van der Waals surface area contributed by atoms with Crippen LogP contribution in [0.2, 0.25) is 10.0 Å². The van der Waals surface area contributed by atoms with Crippen molar-refractivity contribution in [2.75, 3.05) is 0 Å². The smallest absolute Gasteiger partial charge is 0.363 e. The van der Waals surface area contributed by atoms with Crippen LogP contribution < -0.4 is 4.74 Å². The van der Waals surface area contributed by atoms with E-state index in [0.717, 1.165) is 5.56 Å². The monoisotopic (exact) mass is 451 g/mol. The molecule has 0 saturated heterocycles. The number of nitrogens with zero attached hydrogens (tertiary/aromatic N) is 1. The highest BCUT2D eigenvalue weighted by Crippen LogP contribution is 2.26. The van der Waals surface area contributed by atoms with E-state index in [2.05, 4.69) is 4.99 Å². The molecule has 0 amide bonds. The first-order chi connectivity index (χ1) is 14.9. The van der Waals surface area contributed by atoms with Crippen molar-refractivity contribution in [3.05, 3.63) is 105 Å². The third kappa shape index (κ3) is 4.68. The van der Waals surface area contributed by atoms with Gasteiger partial charge < -0.3 is 9.47 Å². The zero-order valence-electron chi connectivity index (χ0n) is 16.3. The number of cyclic esters (lactones) is 1. The Balaban J connectivity index is 1.50. The number of esters is 2. The fourth-order valence-electron chi connectivity index (χ4n) is 2.92. The van der Waals surface area contributed by atoms with Gasteiger partial charge in [-0.05, 0) is 60.5 Å². The van der Waals surface area contributed by atoms with Gasteiger partial charge in [-0.25, -0.2) is 14.6 Å². The highest BCUT2D eigenvalue weighted by atomic mass is 35.5. The Labute approximate surface area is 188 Å². The molecule has 3 aromatic rings. The molecule has 0 fully saturated rings. The standard InChI is InChI=1S/C24H15Cl2NO4/c1-14-4-2-3-5-18(14)23(28)30-17-9-6-15(7-10-17)12-21-24(29)31-22(27-21)16-8-11-19(25)20(26)13-16/h2-13H,1H3/b21-12-. The summed E-state index contributed by atoms with van der Waals surface area (Å²) in [7, 11) is 0. The summed E-state index contributed by atoms with van der Waals surface area (Å²) in [4.78, 5) is 28.8. The third-order valence-corrected chi connectivity index (χ3v) is 5.29. The maximum atomic E-state index is 12.3. The molecule has 0 aromatic heterocycles. The van der Waals surface area contributed by atoms with Gasteiger partial charge in [-0.3, -0.25) is 0 Å². The van der Waals surface area contributed by atoms with Gasteiger partial charge >= 0.3 is 11.9 Å². The SMILES string of the molecule is Cc1ccccc1C(=O)Oc1ccc(/C=C2\N=C(c3ccc(Cl)c(Cl)c3)OC2=O)cc1. The van der Waals surface area contributed by atoms with Crippen LogP contribution in [0.15, 0.2) is 77.4 Å². The van der Waals surface area contributed by atoms with Crippen LogP contribution in [0.3, 0.4) is 0 Å². The van der Waals surface area contributed by atoms with E-state index in [1.165, 1.54) is 0 Å². The fraction of sp³-hybridized carbons (Fsp3) is 0.0417. The molecule has 5 nitrogen and oxygen atoms in total. The van der Waals surface area contributed by atoms with Gasteiger partial charge in [0.05, 0.1) is 15.6 Å². The first-order valence-electron chi connectivity index (χ1n) is 9.26. The largest absolute Gasteiger partial charge is 0.423 e. The van der Waals surface area contributed by atoms with Crippen LogP contribution >= 0.6 is 23.2 Å². The van der Waals surface area contributed by atoms with Crippen LogP contribution in [-0.4, -0.2) is 17.8 Å². The lowest BCUT2D eigenvalue weighted by Gasteiger charge is -2.06. The maximum absolute atomic E-state index is 12.3. The van der Waals surface area contributed by atoms with Crippen molar-refractivity contribution in [1.29, 1.82) is 0 Å². The van der Waals surface area contributed by atoms with Crippen LogP contribution in [0, 0.1) is 6.92 Å². The zero-order chi connectivity index (χ0) is 22.0. The number of halogens is 2. The molecule has 1 heterocycles. The van der Waals surface area contributed by atoms with Gasteiger partial charge in [-0.1, -0.05) is 53.5 Å². The summed E-state index contributed by atoms with van der Waals surface area (Å²) in [6.45, 7) is 1.85. The average Bonchev–Trinajstić information content (AvgIpc) is 3.12. The van der Waals surface area contributed by atoms with E-state index in [1.807, 2.05) is 19.1 Å².